The molecule has 3 rings (SSSR count). The maximum Gasteiger partial charge on any atom is 0.329 e. The van der Waals surface area contributed by atoms with Crippen molar-refractivity contribution < 1.29 is 23.9 Å². The summed E-state index contributed by atoms with van der Waals surface area (Å²) in [6, 6.07) is 12.9. The van der Waals surface area contributed by atoms with Crippen LogP contribution in [0, 0.1) is 6.92 Å². The Morgan fingerprint density at radius 2 is 1.57 bits per heavy atom. The van der Waals surface area contributed by atoms with Gasteiger partial charge in [-0.2, -0.15) is 0 Å². The van der Waals surface area contributed by atoms with Gasteiger partial charge < -0.3 is 10.1 Å². The average Bonchev–Trinajstić information content (AvgIpc) is 3.01. The normalized spacial score (nSPS) is 14.8. The zero-order valence-corrected chi connectivity index (χ0v) is 17.2. The third-order valence-corrected chi connectivity index (χ3v) is 5.12. The van der Waals surface area contributed by atoms with E-state index in [0.29, 0.717) is 6.42 Å². The van der Waals surface area contributed by atoms with Crippen LogP contribution in [0.25, 0.3) is 0 Å². The van der Waals surface area contributed by atoms with Gasteiger partial charge in [-0.05, 0) is 38.0 Å². The Labute approximate surface area is 175 Å². The minimum Gasteiger partial charge on any atom is -0.454 e. The number of rotatable bonds is 7. The van der Waals surface area contributed by atoms with Gasteiger partial charge in [0.15, 0.2) is 6.61 Å². The Hall–Kier alpha value is -3.48. The molecule has 7 nitrogen and oxygen atoms in total. The first-order valence-electron chi connectivity index (χ1n) is 9.83. The topological polar surface area (TPSA) is 92.8 Å². The van der Waals surface area contributed by atoms with Gasteiger partial charge in [0.1, 0.15) is 6.04 Å². The first-order chi connectivity index (χ1) is 14.3. The van der Waals surface area contributed by atoms with Crippen molar-refractivity contribution in [1.29, 1.82) is 0 Å². The molecule has 0 radical (unpaired) electrons. The zero-order valence-electron chi connectivity index (χ0n) is 17.2. The highest BCUT2D eigenvalue weighted by molar-refractivity contribution is 6.22. The third-order valence-electron chi connectivity index (χ3n) is 5.12. The van der Waals surface area contributed by atoms with E-state index >= 15 is 0 Å². The SMILES string of the molecule is CC[C@@H](NC(=O)COC(=O)[C@@H](C)N1C(=O)c2ccccc2C1=O)c1ccc(C)cc1. The van der Waals surface area contributed by atoms with Crippen molar-refractivity contribution in [2.45, 2.75) is 39.3 Å². The van der Waals surface area contributed by atoms with Crippen LogP contribution in [0.2, 0.25) is 0 Å². The number of fused-ring (bicyclic) bond motifs is 1. The molecule has 0 bridgehead atoms. The predicted octanol–water partition coefficient (Wildman–Crippen LogP) is 2.79. The Balaban J connectivity index is 1.57. The Morgan fingerprint density at radius 3 is 2.10 bits per heavy atom. The van der Waals surface area contributed by atoms with Crippen LogP contribution >= 0.6 is 0 Å². The lowest BCUT2D eigenvalue weighted by atomic mass is 10.0. The molecule has 0 saturated carbocycles. The molecule has 2 aromatic rings. The van der Waals surface area contributed by atoms with E-state index in [1.54, 1.807) is 12.1 Å². The van der Waals surface area contributed by atoms with Gasteiger partial charge in [-0.3, -0.25) is 19.3 Å². The van der Waals surface area contributed by atoms with Crippen LogP contribution in [0.15, 0.2) is 48.5 Å². The molecule has 2 atom stereocenters. The molecule has 156 valence electrons. The van der Waals surface area contributed by atoms with E-state index in [2.05, 4.69) is 5.32 Å². The number of nitrogens with one attached hydrogen (secondary N) is 1. The molecule has 0 unspecified atom stereocenters. The van der Waals surface area contributed by atoms with Crippen LogP contribution < -0.4 is 5.32 Å². The number of aryl methyl sites for hydroxylation is 1. The number of carbonyl (C=O) groups excluding carboxylic acids is 4. The highest BCUT2D eigenvalue weighted by atomic mass is 16.5. The maximum atomic E-state index is 12.5. The van der Waals surface area contributed by atoms with Gasteiger partial charge in [0.2, 0.25) is 0 Å². The number of carbonyl (C=O) groups is 4. The van der Waals surface area contributed by atoms with Gasteiger partial charge in [0, 0.05) is 0 Å². The van der Waals surface area contributed by atoms with E-state index < -0.39 is 36.3 Å². The molecule has 7 heteroatoms. The fourth-order valence-electron chi connectivity index (χ4n) is 3.38. The second-order valence-corrected chi connectivity index (χ2v) is 7.25. The molecular weight excluding hydrogens is 384 g/mol. The van der Waals surface area contributed by atoms with Crippen molar-refractivity contribution in [3.8, 4) is 0 Å². The van der Waals surface area contributed by atoms with Gasteiger partial charge >= 0.3 is 5.97 Å². The second-order valence-electron chi connectivity index (χ2n) is 7.25. The fourth-order valence-corrected chi connectivity index (χ4v) is 3.38. The lowest BCUT2D eigenvalue weighted by Crippen LogP contribution is -2.44. The van der Waals surface area contributed by atoms with Crippen LogP contribution in [-0.4, -0.2) is 41.2 Å². The highest BCUT2D eigenvalue weighted by Gasteiger charge is 2.41. The zero-order chi connectivity index (χ0) is 21.8. The average molecular weight is 408 g/mol. The molecule has 0 aromatic heterocycles. The Bertz CT molecular complexity index is 948. The second kappa shape index (κ2) is 8.90. The van der Waals surface area contributed by atoms with Gasteiger partial charge in [0.05, 0.1) is 17.2 Å². The molecule has 1 aliphatic heterocycles. The molecular formula is C23H24N2O5. The van der Waals surface area contributed by atoms with E-state index in [0.717, 1.165) is 16.0 Å². The van der Waals surface area contributed by atoms with E-state index in [1.807, 2.05) is 38.1 Å². The van der Waals surface area contributed by atoms with E-state index in [4.69, 9.17) is 4.74 Å². The molecule has 0 aliphatic carbocycles. The number of amides is 3. The summed E-state index contributed by atoms with van der Waals surface area (Å²) in [5.74, 6) is -2.36. The Kier molecular flexibility index (Phi) is 6.30. The molecule has 30 heavy (non-hydrogen) atoms. The quantitative estimate of drug-likeness (QED) is 0.562. The maximum absolute atomic E-state index is 12.5. The Morgan fingerprint density at radius 1 is 1.00 bits per heavy atom. The smallest absolute Gasteiger partial charge is 0.329 e. The van der Waals surface area contributed by atoms with Crippen LogP contribution in [0.3, 0.4) is 0 Å². The van der Waals surface area contributed by atoms with Crippen LogP contribution in [0.5, 0.6) is 0 Å². The summed E-state index contributed by atoms with van der Waals surface area (Å²) in [6.45, 7) is 4.84. The van der Waals surface area contributed by atoms with Gasteiger partial charge in [-0.15, -0.1) is 0 Å². The number of nitrogens with zero attached hydrogens (tertiary/aromatic N) is 1. The third kappa shape index (κ3) is 4.25. The molecule has 1 aliphatic rings. The molecule has 1 heterocycles. The summed E-state index contributed by atoms with van der Waals surface area (Å²) in [5, 5.41) is 2.83. The summed E-state index contributed by atoms with van der Waals surface area (Å²) < 4.78 is 5.08. The van der Waals surface area contributed by atoms with Crippen molar-refractivity contribution in [3.63, 3.8) is 0 Å². The summed E-state index contributed by atoms with van der Waals surface area (Å²) in [7, 11) is 0. The van der Waals surface area contributed by atoms with Gasteiger partial charge in [-0.1, -0.05) is 48.9 Å². The molecule has 0 saturated heterocycles. The molecule has 2 aromatic carbocycles. The number of hydrogen-bond donors (Lipinski definition) is 1. The summed E-state index contributed by atoms with van der Waals surface area (Å²) >= 11 is 0. The van der Waals surface area contributed by atoms with Crippen LogP contribution in [0.4, 0.5) is 0 Å². The summed E-state index contributed by atoms with van der Waals surface area (Å²) in [6.07, 6.45) is 0.675. The van der Waals surface area contributed by atoms with Crippen LogP contribution in [-0.2, 0) is 14.3 Å². The number of benzene rings is 2. The molecule has 1 N–H and O–H groups in total. The highest BCUT2D eigenvalue weighted by Crippen LogP contribution is 2.24. The molecule has 3 amide bonds. The number of imide groups is 1. The number of ether oxygens (including phenoxy) is 1. The van der Waals surface area contributed by atoms with Gasteiger partial charge in [-0.25, -0.2) is 4.79 Å². The molecule has 0 spiro atoms. The monoisotopic (exact) mass is 408 g/mol. The van der Waals surface area contributed by atoms with Crippen LogP contribution in [0.1, 0.15) is 58.2 Å². The van der Waals surface area contributed by atoms with Crippen molar-refractivity contribution in [1.82, 2.24) is 10.2 Å². The van der Waals surface area contributed by atoms with Crippen molar-refractivity contribution in [2.24, 2.45) is 0 Å². The minimum atomic E-state index is -1.13. The van der Waals surface area contributed by atoms with E-state index in [-0.39, 0.29) is 17.2 Å². The lowest BCUT2D eigenvalue weighted by Gasteiger charge is -2.21. The predicted molar refractivity (Wildman–Crippen MR) is 110 cm³/mol. The summed E-state index contributed by atoms with van der Waals surface area (Å²) in [5.41, 5.74) is 2.59. The fraction of sp³-hybridized carbons (Fsp3) is 0.304. The van der Waals surface area contributed by atoms with E-state index in [1.165, 1.54) is 19.1 Å². The van der Waals surface area contributed by atoms with Crippen molar-refractivity contribution in [3.05, 3.63) is 70.8 Å². The largest absolute Gasteiger partial charge is 0.454 e. The standard InChI is InChI=1S/C23H24N2O5/c1-4-19(16-11-9-14(2)10-12-16)24-20(26)13-30-23(29)15(3)25-21(27)17-7-5-6-8-18(17)22(25)28/h5-12,15,19H,4,13H2,1-3H3,(H,24,26)/t15-,19-/m1/s1. The minimum absolute atomic E-state index is 0.203. The first-order valence-corrected chi connectivity index (χ1v) is 9.83. The van der Waals surface area contributed by atoms with Gasteiger partial charge in [0.25, 0.3) is 17.7 Å². The van der Waals surface area contributed by atoms with E-state index in [9.17, 15) is 19.2 Å². The summed E-state index contributed by atoms with van der Waals surface area (Å²) in [4.78, 5) is 50.5. The number of hydrogen-bond acceptors (Lipinski definition) is 5. The number of esters is 1. The van der Waals surface area contributed by atoms with Crippen molar-refractivity contribution in [2.75, 3.05) is 6.61 Å². The first kappa shape index (κ1) is 21.2. The lowest BCUT2D eigenvalue weighted by molar-refractivity contribution is -0.152. The van der Waals surface area contributed by atoms with Crippen molar-refractivity contribution >= 4 is 23.7 Å². The molecule has 0 fully saturated rings.